The summed E-state index contributed by atoms with van der Waals surface area (Å²) in [6, 6.07) is 19.3. The van der Waals surface area contributed by atoms with Gasteiger partial charge in [0, 0.05) is 31.1 Å². The van der Waals surface area contributed by atoms with Crippen molar-refractivity contribution >= 4 is 21.9 Å². The number of amides is 1. The number of sulfonamides is 1. The van der Waals surface area contributed by atoms with Gasteiger partial charge in [0.15, 0.2) is 0 Å². The van der Waals surface area contributed by atoms with Crippen molar-refractivity contribution in [1.29, 1.82) is 0 Å². The van der Waals surface area contributed by atoms with E-state index in [2.05, 4.69) is 10.3 Å². The largest absolute Gasteiger partial charge is 0.497 e. The molecule has 4 aromatic rings. The number of halogens is 1. The van der Waals surface area contributed by atoms with Gasteiger partial charge in [0.25, 0.3) is 0 Å². The highest BCUT2D eigenvalue weighted by molar-refractivity contribution is 7.89. The standard InChI is InChI=1S/C28H29FN4O5S/c1-20-4-14-25(15-5-20)39(35,36)32(16-17-37-2)19-27(34)31-28-30-26(21-6-12-24(38-3)13-7-21)18-33(28)23-10-8-22(29)9-11-23/h4-15,18H,16-17,19H2,1-3H3,(H,30,31,34). The molecule has 0 aliphatic carbocycles. The lowest BCUT2D eigenvalue weighted by Crippen LogP contribution is -2.40. The molecule has 0 fully saturated rings. The molecule has 0 radical (unpaired) electrons. The summed E-state index contributed by atoms with van der Waals surface area (Å²) in [5.74, 6) is -0.181. The van der Waals surface area contributed by atoms with Gasteiger partial charge in [0.1, 0.15) is 11.6 Å². The fraction of sp³-hybridized carbons (Fsp3) is 0.214. The van der Waals surface area contributed by atoms with Crippen molar-refractivity contribution in [3.05, 3.63) is 90.4 Å². The molecule has 204 valence electrons. The maximum Gasteiger partial charge on any atom is 0.243 e. The van der Waals surface area contributed by atoms with E-state index in [-0.39, 0.29) is 24.0 Å². The molecule has 4 rings (SSSR count). The first-order valence-electron chi connectivity index (χ1n) is 12.1. The van der Waals surface area contributed by atoms with Crippen molar-refractivity contribution < 1.29 is 27.1 Å². The summed E-state index contributed by atoms with van der Waals surface area (Å²) < 4.78 is 53.2. The number of carbonyl (C=O) groups excluding carboxylic acids is 1. The summed E-state index contributed by atoms with van der Waals surface area (Å²) in [6.07, 6.45) is 1.70. The van der Waals surface area contributed by atoms with Crippen LogP contribution in [0.2, 0.25) is 0 Å². The van der Waals surface area contributed by atoms with E-state index in [1.54, 1.807) is 54.3 Å². The maximum absolute atomic E-state index is 13.6. The van der Waals surface area contributed by atoms with Gasteiger partial charge >= 0.3 is 0 Å². The second kappa shape index (κ2) is 12.2. The molecule has 0 bridgehead atoms. The SMILES string of the molecule is COCCN(CC(=O)Nc1nc(-c2ccc(OC)cc2)cn1-c1ccc(F)cc1)S(=O)(=O)c1ccc(C)cc1. The van der Waals surface area contributed by atoms with Gasteiger partial charge in [0.2, 0.25) is 21.9 Å². The molecule has 0 saturated heterocycles. The second-order valence-electron chi connectivity index (χ2n) is 8.72. The van der Waals surface area contributed by atoms with Crippen LogP contribution in [-0.4, -0.2) is 62.1 Å². The first-order valence-corrected chi connectivity index (χ1v) is 13.5. The van der Waals surface area contributed by atoms with Gasteiger partial charge in [0.05, 0.1) is 30.9 Å². The Kier molecular flexibility index (Phi) is 8.75. The minimum absolute atomic E-state index is 0.0242. The van der Waals surface area contributed by atoms with E-state index in [1.165, 1.54) is 31.4 Å². The zero-order valence-electron chi connectivity index (χ0n) is 21.8. The first kappa shape index (κ1) is 28.0. The lowest BCUT2D eigenvalue weighted by molar-refractivity contribution is -0.116. The minimum Gasteiger partial charge on any atom is -0.497 e. The molecular formula is C28H29FN4O5S. The van der Waals surface area contributed by atoms with Crippen LogP contribution in [0.5, 0.6) is 5.75 Å². The molecule has 1 amide bonds. The summed E-state index contributed by atoms with van der Waals surface area (Å²) in [5.41, 5.74) is 2.77. The van der Waals surface area contributed by atoms with Gasteiger partial charge in [-0.1, -0.05) is 17.7 Å². The van der Waals surface area contributed by atoms with Crippen LogP contribution < -0.4 is 10.1 Å². The van der Waals surface area contributed by atoms with Crippen LogP contribution in [0.25, 0.3) is 16.9 Å². The number of methoxy groups -OCH3 is 2. The Bertz CT molecular complexity index is 1520. The molecule has 0 saturated carbocycles. The molecule has 3 aromatic carbocycles. The summed E-state index contributed by atoms with van der Waals surface area (Å²) >= 11 is 0. The van der Waals surface area contributed by atoms with Crippen LogP contribution >= 0.6 is 0 Å². The van der Waals surface area contributed by atoms with Gasteiger partial charge in [-0.05, 0) is 67.6 Å². The number of ether oxygens (including phenoxy) is 2. The number of hydrogen-bond acceptors (Lipinski definition) is 6. The molecule has 0 unspecified atom stereocenters. The van der Waals surface area contributed by atoms with Crippen LogP contribution in [-0.2, 0) is 19.6 Å². The van der Waals surface area contributed by atoms with Crippen LogP contribution in [0.1, 0.15) is 5.56 Å². The van der Waals surface area contributed by atoms with Crippen LogP contribution in [0, 0.1) is 12.7 Å². The smallest absolute Gasteiger partial charge is 0.243 e. The Hall–Kier alpha value is -4.06. The molecule has 0 aliphatic heterocycles. The third-order valence-electron chi connectivity index (χ3n) is 5.97. The number of nitrogens with zero attached hydrogens (tertiary/aromatic N) is 3. The van der Waals surface area contributed by atoms with Crippen molar-refractivity contribution in [3.63, 3.8) is 0 Å². The lowest BCUT2D eigenvalue weighted by Gasteiger charge is -2.21. The number of nitrogens with one attached hydrogen (secondary N) is 1. The number of aryl methyl sites for hydroxylation is 1. The van der Waals surface area contributed by atoms with Crippen molar-refractivity contribution in [2.45, 2.75) is 11.8 Å². The zero-order chi connectivity index (χ0) is 28.0. The van der Waals surface area contributed by atoms with Crippen molar-refractivity contribution in [1.82, 2.24) is 13.9 Å². The van der Waals surface area contributed by atoms with E-state index < -0.39 is 28.3 Å². The topological polar surface area (TPSA) is 103 Å². The van der Waals surface area contributed by atoms with Gasteiger partial charge < -0.3 is 9.47 Å². The molecule has 9 nitrogen and oxygen atoms in total. The molecule has 11 heteroatoms. The highest BCUT2D eigenvalue weighted by atomic mass is 32.2. The Balaban J connectivity index is 1.64. The Labute approximate surface area is 226 Å². The fourth-order valence-corrected chi connectivity index (χ4v) is 5.21. The summed E-state index contributed by atoms with van der Waals surface area (Å²) in [7, 11) is -0.952. The third-order valence-corrected chi connectivity index (χ3v) is 7.83. The number of aromatic nitrogens is 2. The van der Waals surface area contributed by atoms with Crippen molar-refractivity contribution in [3.8, 4) is 22.7 Å². The first-order chi connectivity index (χ1) is 18.7. The maximum atomic E-state index is 13.6. The van der Waals surface area contributed by atoms with Gasteiger partial charge in [-0.15, -0.1) is 0 Å². The van der Waals surface area contributed by atoms with Gasteiger partial charge in [-0.25, -0.2) is 17.8 Å². The Morgan fingerprint density at radius 2 is 1.67 bits per heavy atom. The van der Waals surface area contributed by atoms with E-state index in [9.17, 15) is 17.6 Å². The van der Waals surface area contributed by atoms with E-state index in [4.69, 9.17) is 9.47 Å². The van der Waals surface area contributed by atoms with E-state index in [0.29, 0.717) is 17.1 Å². The molecule has 1 N–H and O–H groups in total. The molecular weight excluding hydrogens is 523 g/mol. The predicted octanol–water partition coefficient (Wildman–Crippen LogP) is 4.27. The van der Waals surface area contributed by atoms with E-state index >= 15 is 0 Å². The fourth-order valence-electron chi connectivity index (χ4n) is 3.83. The van der Waals surface area contributed by atoms with Crippen LogP contribution in [0.15, 0.2) is 83.9 Å². The molecule has 0 aliphatic rings. The van der Waals surface area contributed by atoms with Crippen LogP contribution in [0.4, 0.5) is 10.3 Å². The van der Waals surface area contributed by atoms with Crippen molar-refractivity contribution in [2.75, 3.05) is 39.2 Å². The number of benzene rings is 3. The zero-order valence-corrected chi connectivity index (χ0v) is 22.6. The summed E-state index contributed by atoms with van der Waals surface area (Å²) in [6.45, 7) is 1.47. The normalized spacial score (nSPS) is 11.5. The highest BCUT2D eigenvalue weighted by Gasteiger charge is 2.27. The summed E-state index contributed by atoms with van der Waals surface area (Å²) in [4.78, 5) is 17.9. The van der Waals surface area contributed by atoms with E-state index in [1.807, 2.05) is 19.1 Å². The minimum atomic E-state index is -3.98. The quantitative estimate of drug-likeness (QED) is 0.298. The van der Waals surface area contributed by atoms with Crippen LogP contribution in [0.3, 0.4) is 0 Å². The molecule has 39 heavy (non-hydrogen) atoms. The molecule has 0 atom stereocenters. The second-order valence-corrected chi connectivity index (χ2v) is 10.7. The lowest BCUT2D eigenvalue weighted by atomic mass is 10.1. The number of rotatable bonds is 11. The Morgan fingerprint density at radius 3 is 2.28 bits per heavy atom. The van der Waals surface area contributed by atoms with Gasteiger partial charge in [-0.2, -0.15) is 4.31 Å². The predicted molar refractivity (Wildman–Crippen MR) is 146 cm³/mol. The average molecular weight is 553 g/mol. The molecule has 1 aromatic heterocycles. The highest BCUT2D eigenvalue weighted by Crippen LogP contribution is 2.26. The number of hydrogen-bond donors (Lipinski definition) is 1. The third kappa shape index (κ3) is 6.69. The average Bonchev–Trinajstić information content (AvgIpc) is 3.35. The van der Waals surface area contributed by atoms with Crippen molar-refractivity contribution in [2.24, 2.45) is 0 Å². The Morgan fingerprint density at radius 1 is 1.00 bits per heavy atom. The number of anilines is 1. The van der Waals surface area contributed by atoms with Gasteiger partial charge in [-0.3, -0.25) is 14.7 Å². The molecule has 1 heterocycles. The monoisotopic (exact) mass is 552 g/mol. The van der Waals surface area contributed by atoms with E-state index in [0.717, 1.165) is 15.4 Å². The summed E-state index contributed by atoms with van der Waals surface area (Å²) in [5, 5.41) is 2.72. The molecule has 0 spiro atoms. The number of carbonyl (C=O) groups is 1. The number of imidazole rings is 1.